The molecule has 3 rings (SSSR count). The summed E-state index contributed by atoms with van der Waals surface area (Å²) in [6.45, 7) is 1.02. The number of carbonyl (C=O) groups excluding carboxylic acids is 1. The van der Waals surface area contributed by atoms with Crippen LogP contribution in [0.5, 0.6) is 0 Å². The van der Waals surface area contributed by atoms with Gasteiger partial charge in [-0.3, -0.25) is 4.79 Å². The van der Waals surface area contributed by atoms with Crippen molar-refractivity contribution < 1.29 is 9.18 Å². The smallest absolute Gasteiger partial charge is 0.273 e. The lowest BCUT2D eigenvalue weighted by Gasteiger charge is -2.21. The highest BCUT2D eigenvalue weighted by atomic mass is 35.5. The number of thiazole rings is 1. The zero-order chi connectivity index (χ0) is 15.5. The minimum atomic E-state index is -0.265. The molecule has 23 heavy (non-hydrogen) atoms. The molecule has 0 atom stereocenters. The van der Waals surface area contributed by atoms with Gasteiger partial charge in [-0.15, -0.1) is 23.7 Å². The van der Waals surface area contributed by atoms with Crippen LogP contribution in [0.25, 0.3) is 0 Å². The number of amides is 1. The van der Waals surface area contributed by atoms with Gasteiger partial charge in [-0.05, 0) is 37.1 Å². The van der Waals surface area contributed by atoms with Gasteiger partial charge in [0.15, 0.2) is 0 Å². The number of nitrogens with zero attached hydrogens (tertiary/aromatic N) is 2. The minimum Gasteiger partial charge on any atom is -0.330 e. The number of nitrogens with two attached hydrogens (primary N) is 1. The average molecular weight is 356 g/mol. The second kappa shape index (κ2) is 7.86. The Bertz CT molecular complexity index is 658. The van der Waals surface area contributed by atoms with Gasteiger partial charge in [0.25, 0.3) is 5.91 Å². The molecule has 1 aromatic carbocycles. The van der Waals surface area contributed by atoms with E-state index in [1.54, 1.807) is 17.5 Å². The normalized spacial score (nSPS) is 13.5. The summed E-state index contributed by atoms with van der Waals surface area (Å²) in [5.41, 5.74) is 6.94. The van der Waals surface area contributed by atoms with Gasteiger partial charge in [0.1, 0.15) is 11.5 Å². The predicted molar refractivity (Wildman–Crippen MR) is 91.4 cm³/mol. The van der Waals surface area contributed by atoms with Gasteiger partial charge in [0.05, 0.1) is 5.01 Å². The Kier molecular flexibility index (Phi) is 6.10. The van der Waals surface area contributed by atoms with Crippen LogP contribution in [0.1, 0.15) is 33.9 Å². The van der Waals surface area contributed by atoms with Crippen molar-refractivity contribution in [2.75, 3.05) is 6.54 Å². The van der Waals surface area contributed by atoms with Gasteiger partial charge < -0.3 is 10.6 Å². The number of benzene rings is 1. The van der Waals surface area contributed by atoms with Crippen LogP contribution in [0.15, 0.2) is 29.6 Å². The third-order valence-corrected chi connectivity index (χ3v) is 4.55. The summed E-state index contributed by atoms with van der Waals surface area (Å²) in [6.07, 6.45) is 2.73. The third kappa shape index (κ3) is 4.50. The molecular formula is C16H19ClFN3OS. The third-order valence-electron chi connectivity index (χ3n) is 3.64. The quantitative estimate of drug-likeness (QED) is 0.866. The zero-order valence-corrected chi connectivity index (χ0v) is 14.2. The fraction of sp³-hybridized carbons (Fsp3) is 0.375. The van der Waals surface area contributed by atoms with Crippen molar-refractivity contribution in [2.45, 2.75) is 31.8 Å². The molecule has 0 spiro atoms. The van der Waals surface area contributed by atoms with E-state index >= 15 is 0 Å². The van der Waals surface area contributed by atoms with Crippen molar-refractivity contribution in [3.63, 3.8) is 0 Å². The SMILES string of the molecule is Cl.NCCc1nc(C(=O)N(Cc2ccc(F)cc2)C2CC2)cs1. The molecule has 124 valence electrons. The van der Waals surface area contributed by atoms with E-state index in [4.69, 9.17) is 5.73 Å². The molecule has 2 N–H and O–H groups in total. The Balaban J connectivity index is 0.00000192. The van der Waals surface area contributed by atoms with E-state index in [0.717, 1.165) is 23.4 Å². The maximum atomic E-state index is 13.0. The van der Waals surface area contributed by atoms with Gasteiger partial charge in [-0.2, -0.15) is 0 Å². The lowest BCUT2D eigenvalue weighted by molar-refractivity contribution is 0.0724. The summed E-state index contributed by atoms with van der Waals surface area (Å²) in [6, 6.07) is 6.56. The Hall–Kier alpha value is -1.50. The molecule has 0 saturated heterocycles. The van der Waals surface area contributed by atoms with E-state index in [9.17, 15) is 9.18 Å². The second-order valence-corrected chi connectivity index (χ2v) is 6.40. The molecule has 0 radical (unpaired) electrons. The van der Waals surface area contributed by atoms with Crippen molar-refractivity contribution in [1.82, 2.24) is 9.88 Å². The van der Waals surface area contributed by atoms with Crippen LogP contribution >= 0.6 is 23.7 Å². The van der Waals surface area contributed by atoms with Crippen molar-refractivity contribution >= 4 is 29.7 Å². The van der Waals surface area contributed by atoms with Gasteiger partial charge in [-0.1, -0.05) is 12.1 Å². The molecule has 7 heteroatoms. The fourth-order valence-electron chi connectivity index (χ4n) is 2.33. The van der Waals surface area contributed by atoms with E-state index in [2.05, 4.69) is 4.98 Å². The van der Waals surface area contributed by atoms with Crippen LogP contribution in [0.4, 0.5) is 4.39 Å². The van der Waals surface area contributed by atoms with Gasteiger partial charge in [0.2, 0.25) is 0 Å². The molecule has 4 nitrogen and oxygen atoms in total. The van der Waals surface area contributed by atoms with E-state index in [1.165, 1.54) is 23.5 Å². The van der Waals surface area contributed by atoms with Crippen LogP contribution in [-0.2, 0) is 13.0 Å². The zero-order valence-electron chi connectivity index (χ0n) is 12.6. The van der Waals surface area contributed by atoms with E-state index < -0.39 is 0 Å². The van der Waals surface area contributed by atoms with Crippen molar-refractivity contribution in [3.8, 4) is 0 Å². The Labute approximate surface area is 144 Å². The molecule has 1 amide bonds. The first-order valence-electron chi connectivity index (χ1n) is 7.37. The molecule has 1 aliphatic rings. The monoisotopic (exact) mass is 355 g/mol. The maximum Gasteiger partial charge on any atom is 0.273 e. The molecule has 2 aromatic rings. The van der Waals surface area contributed by atoms with Gasteiger partial charge >= 0.3 is 0 Å². The van der Waals surface area contributed by atoms with E-state index in [0.29, 0.717) is 25.2 Å². The molecule has 1 heterocycles. The summed E-state index contributed by atoms with van der Waals surface area (Å²) in [7, 11) is 0. The van der Waals surface area contributed by atoms with Crippen molar-refractivity contribution in [1.29, 1.82) is 0 Å². The Morgan fingerprint density at radius 1 is 1.35 bits per heavy atom. The first-order valence-corrected chi connectivity index (χ1v) is 8.25. The summed E-state index contributed by atoms with van der Waals surface area (Å²) < 4.78 is 13.0. The van der Waals surface area contributed by atoms with Crippen molar-refractivity contribution in [3.05, 3.63) is 51.7 Å². The molecule has 0 unspecified atom stereocenters. The van der Waals surface area contributed by atoms with E-state index in [1.807, 2.05) is 4.90 Å². The summed E-state index contributed by atoms with van der Waals surface area (Å²) in [5.74, 6) is -0.315. The fourth-order valence-corrected chi connectivity index (χ4v) is 3.12. The lowest BCUT2D eigenvalue weighted by atomic mass is 10.2. The Morgan fingerprint density at radius 2 is 2.04 bits per heavy atom. The molecule has 0 aliphatic heterocycles. The summed E-state index contributed by atoms with van der Waals surface area (Å²) >= 11 is 1.47. The van der Waals surface area contributed by atoms with Crippen LogP contribution < -0.4 is 5.73 Å². The Morgan fingerprint density at radius 3 is 2.65 bits per heavy atom. The van der Waals surface area contributed by atoms with Crippen molar-refractivity contribution in [2.24, 2.45) is 5.73 Å². The molecule has 1 aromatic heterocycles. The molecule has 1 saturated carbocycles. The van der Waals surface area contributed by atoms with Crippen LogP contribution in [-0.4, -0.2) is 28.4 Å². The van der Waals surface area contributed by atoms with Gasteiger partial charge in [0, 0.05) is 24.4 Å². The highest BCUT2D eigenvalue weighted by molar-refractivity contribution is 7.09. The number of hydrogen-bond donors (Lipinski definition) is 1. The number of rotatable bonds is 6. The first-order chi connectivity index (χ1) is 10.7. The highest BCUT2D eigenvalue weighted by Gasteiger charge is 2.33. The largest absolute Gasteiger partial charge is 0.330 e. The van der Waals surface area contributed by atoms with Crippen LogP contribution in [0.2, 0.25) is 0 Å². The molecule has 1 aliphatic carbocycles. The van der Waals surface area contributed by atoms with Crippen LogP contribution in [0, 0.1) is 5.82 Å². The number of aromatic nitrogens is 1. The summed E-state index contributed by atoms with van der Waals surface area (Å²) in [5, 5.41) is 2.69. The van der Waals surface area contributed by atoms with E-state index in [-0.39, 0.29) is 30.2 Å². The molecule has 0 bridgehead atoms. The number of halogens is 2. The highest BCUT2D eigenvalue weighted by Crippen LogP contribution is 2.30. The second-order valence-electron chi connectivity index (χ2n) is 5.46. The lowest BCUT2D eigenvalue weighted by Crippen LogP contribution is -2.32. The predicted octanol–water partition coefficient (Wildman–Crippen LogP) is 3.01. The molecule has 1 fully saturated rings. The molecular weight excluding hydrogens is 337 g/mol. The number of hydrogen-bond acceptors (Lipinski definition) is 4. The topological polar surface area (TPSA) is 59.2 Å². The minimum absolute atomic E-state index is 0. The van der Waals surface area contributed by atoms with Crippen LogP contribution in [0.3, 0.4) is 0 Å². The number of carbonyl (C=O) groups is 1. The maximum absolute atomic E-state index is 13.0. The van der Waals surface area contributed by atoms with Gasteiger partial charge in [-0.25, -0.2) is 9.37 Å². The summed E-state index contributed by atoms with van der Waals surface area (Å²) in [4.78, 5) is 18.9. The standard InChI is InChI=1S/C16H18FN3OS.ClH/c17-12-3-1-11(2-4-12)9-20(13-5-6-13)16(21)14-10-22-15(19-14)7-8-18;/h1-4,10,13H,5-9,18H2;1H. The first kappa shape index (κ1) is 17.8. The average Bonchev–Trinajstić information content (AvgIpc) is 3.25.